The van der Waals surface area contributed by atoms with E-state index in [-0.39, 0.29) is 5.88 Å². The molecule has 4 aromatic rings. The Kier molecular flexibility index (Phi) is 3.12. The van der Waals surface area contributed by atoms with E-state index >= 15 is 0 Å². The molecule has 2 heterocycles. The van der Waals surface area contributed by atoms with Crippen LogP contribution in [-0.2, 0) is 5.88 Å². The summed E-state index contributed by atoms with van der Waals surface area (Å²) in [5, 5.41) is 14.0. The van der Waals surface area contributed by atoms with E-state index in [1.807, 2.05) is 30.3 Å². The van der Waals surface area contributed by atoms with Crippen molar-refractivity contribution in [2.45, 2.75) is 5.88 Å². The lowest BCUT2D eigenvalue weighted by molar-refractivity contribution is 0.430. The minimum atomic E-state index is 0.168. The second-order valence-electron chi connectivity index (χ2n) is 4.74. The lowest BCUT2D eigenvalue weighted by Crippen LogP contribution is -1.78. The van der Waals surface area contributed by atoms with E-state index < -0.39 is 0 Å². The van der Waals surface area contributed by atoms with Crippen molar-refractivity contribution in [2.24, 2.45) is 0 Å². The lowest BCUT2D eigenvalue weighted by atomic mass is 10.0. The van der Waals surface area contributed by atoms with Crippen molar-refractivity contribution >= 4 is 22.4 Å². The summed E-state index contributed by atoms with van der Waals surface area (Å²) in [5.41, 5.74) is 1.46. The summed E-state index contributed by atoms with van der Waals surface area (Å²) in [6, 6.07) is 15.9. The molecular formula is C16H10ClN3O2. The molecule has 0 aliphatic rings. The van der Waals surface area contributed by atoms with Crippen LogP contribution in [0.3, 0.4) is 0 Å². The Morgan fingerprint density at radius 3 is 2.73 bits per heavy atom. The lowest BCUT2D eigenvalue weighted by Gasteiger charge is -2.02. The van der Waals surface area contributed by atoms with Gasteiger partial charge in [0.05, 0.1) is 0 Å². The Morgan fingerprint density at radius 1 is 1.00 bits per heavy atom. The number of nitrogens with zero attached hydrogens (tertiary/aromatic N) is 3. The summed E-state index contributed by atoms with van der Waals surface area (Å²) < 4.78 is 10.8. The number of hydrogen-bond acceptors (Lipinski definition) is 5. The van der Waals surface area contributed by atoms with E-state index in [0.29, 0.717) is 23.2 Å². The molecule has 0 aliphatic carbocycles. The van der Waals surface area contributed by atoms with Crippen molar-refractivity contribution in [1.82, 2.24) is 15.4 Å². The van der Waals surface area contributed by atoms with Crippen LogP contribution in [0.5, 0.6) is 0 Å². The minimum absolute atomic E-state index is 0.168. The third-order valence-electron chi connectivity index (χ3n) is 3.37. The molecule has 5 nitrogen and oxygen atoms in total. The molecule has 0 unspecified atom stereocenters. The fourth-order valence-electron chi connectivity index (χ4n) is 2.35. The molecule has 0 amide bonds. The van der Waals surface area contributed by atoms with Gasteiger partial charge in [0, 0.05) is 11.6 Å². The van der Waals surface area contributed by atoms with Crippen LogP contribution in [0.15, 0.2) is 57.5 Å². The molecule has 2 aromatic carbocycles. The monoisotopic (exact) mass is 311 g/mol. The van der Waals surface area contributed by atoms with Crippen LogP contribution in [0.2, 0.25) is 0 Å². The van der Waals surface area contributed by atoms with Gasteiger partial charge in [0.1, 0.15) is 5.88 Å². The second kappa shape index (κ2) is 5.27. The first-order valence-corrected chi connectivity index (χ1v) is 7.22. The molecule has 0 saturated carbocycles. The summed E-state index contributed by atoms with van der Waals surface area (Å²) >= 11 is 5.65. The quantitative estimate of drug-likeness (QED) is 0.528. The number of rotatable bonds is 3. The Morgan fingerprint density at radius 2 is 1.86 bits per heavy atom. The Bertz CT molecular complexity index is 940. The van der Waals surface area contributed by atoms with Gasteiger partial charge in [-0.3, -0.25) is 0 Å². The number of alkyl halides is 1. The van der Waals surface area contributed by atoms with Gasteiger partial charge in [0.25, 0.3) is 5.89 Å². The zero-order valence-corrected chi connectivity index (χ0v) is 12.1. The molecule has 0 radical (unpaired) electrons. The van der Waals surface area contributed by atoms with E-state index in [2.05, 4.69) is 27.5 Å². The molecule has 0 atom stereocenters. The standard InChI is InChI=1S/C16H10ClN3O2/c17-9-15-18-19-16(21-15)13-8-14(22-20-13)12-7-3-5-10-4-1-2-6-11(10)12/h1-8H,9H2. The van der Waals surface area contributed by atoms with Gasteiger partial charge in [-0.1, -0.05) is 47.6 Å². The van der Waals surface area contributed by atoms with E-state index in [1.165, 1.54) is 0 Å². The van der Waals surface area contributed by atoms with Crippen LogP contribution >= 0.6 is 11.6 Å². The minimum Gasteiger partial charge on any atom is -0.418 e. The second-order valence-corrected chi connectivity index (χ2v) is 5.00. The van der Waals surface area contributed by atoms with Crippen LogP contribution in [0.25, 0.3) is 33.7 Å². The smallest absolute Gasteiger partial charge is 0.269 e. The highest BCUT2D eigenvalue weighted by atomic mass is 35.5. The van der Waals surface area contributed by atoms with Crippen molar-refractivity contribution in [1.29, 1.82) is 0 Å². The van der Waals surface area contributed by atoms with Gasteiger partial charge < -0.3 is 8.94 Å². The largest absolute Gasteiger partial charge is 0.418 e. The molecule has 0 saturated heterocycles. The third-order valence-corrected chi connectivity index (χ3v) is 3.59. The van der Waals surface area contributed by atoms with E-state index in [4.69, 9.17) is 20.5 Å². The van der Waals surface area contributed by atoms with Crippen LogP contribution in [0.1, 0.15) is 5.89 Å². The van der Waals surface area contributed by atoms with E-state index in [0.717, 1.165) is 16.3 Å². The van der Waals surface area contributed by atoms with Crippen LogP contribution in [-0.4, -0.2) is 15.4 Å². The van der Waals surface area contributed by atoms with Gasteiger partial charge in [0.2, 0.25) is 5.89 Å². The number of fused-ring (bicyclic) bond motifs is 1. The summed E-state index contributed by atoms with van der Waals surface area (Å²) in [6.07, 6.45) is 0. The third kappa shape index (κ3) is 2.16. The molecule has 0 bridgehead atoms. The SMILES string of the molecule is ClCc1nnc(-c2cc(-c3cccc4ccccc34)on2)o1. The van der Waals surface area contributed by atoms with Crippen molar-refractivity contribution in [3.8, 4) is 22.9 Å². The normalized spacial score (nSPS) is 11.1. The molecule has 0 fully saturated rings. The van der Waals surface area contributed by atoms with Crippen LogP contribution in [0.4, 0.5) is 0 Å². The maximum absolute atomic E-state index is 5.65. The van der Waals surface area contributed by atoms with Gasteiger partial charge in [-0.25, -0.2) is 0 Å². The predicted octanol–water partition coefficient (Wildman–Crippen LogP) is 4.28. The van der Waals surface area contributed by atoms with Crippen LogP contribution in [0, 0.1) is 0 Å². The summed E-state index contributed by atoms with van der Waals surface area (Å²) in [5.74, 6) is 1.47. The van der Waals surface area contributed by atoms with Crippen molar-refractivity contribution in [3.63, 3.8) is 0 Å². The number of benzene rings is 2. The highest BCUT2D eigenvalue weighted by Gasteiger charge is 2.15. The molecule has 4 rings (SSSR count). The van der Waals surface area contributed by atoms with Crippen molar-refractivity contribution < 1.29 is 8.94 Å². The molecule has 0 spiro atoms. The zero-order valence-electron chi connectivity index (χ0n) is 11.4. The van der Waals surface area contributed by atoms with Gasteiger partial charge in [-0.15, -0.1) is 21.8 Å². The number of aromatic nitrogens is 3. The zero-order chi connectivity index (χ0) is 14.9. The van der Waals surface area contributed by atoms with Gasteiger partial charge in [0.15, 0.2) is 11.5 Å². The van der Waals surface area contributed by atoms with E-state index in [9.17, 15) is 0 Å². The highest BCUT2D eigenvalue weighted by molar-refractivity contribution is 6.16. The maximum atomic E-state index is 5.65. The first-order valence-electron chi connectivity index (χ1n) is 6.69. The molecular weight excluding hydrogens is 302 g/mol. The fraction of sp³-hybridized carbons (Fsp3) is 0.0625. The summed E-state index contributed by atoms with van der Waals surface area (Å²) in [4.78, 5) is 0. The average Bonchev–Trinajstić information content (AvgIpc) is 3.23. The Hall–Kier alpha value is -2.66. The molecule has 108 valence electrons. The fourth-order valence-corrected chi connectivity index (χ4v) is 2.46. The first kappa shape index (κ1) is 13.0. The van der Waals surface area contributed by atoms with Gasteiger partial charge >= 0.3 is 0 Å². The first-order chi connectivity index (χ1) is 10.8. The summed E-state index contributed by atoms with van der Waals surface area (Å²) in [7, 11) is 0. The van der Waals surface area contributed by atoms with Gasteiger partial charge in [-0.2, -0.15) is 0 Å². The maximum Gasteiger partial charge on any atom is 0.269 e. The number of hydrogen-bond donors (Lipinski definition) is 0. The highest BCUT2D eigenvalue weighted by Crippen LogP contribution is 2.31. The molecule has 0 N–H and O–H groups in total. The molecule has 6 heteroatoms. The van der Waals surface area contributed by atoms with Crippen molar-refractivity contribution in [3.05, 3.63) is 54.4 Å². The predicted molar refractivity (Wildman–Crippen MR) is 82.3 cm³/mol. The van der Waals surface area contributed by atoms with E-state index in [1.54, 1.807) is 6.07 Å². The molecule has 2 aromatic heterocycles. The Labute approximate surface area is 130 Å². The average molecular weight is 312 g/mol. The topological polar surface area (TPSA) is 65.0 Å². The Balaban J connectivity index is 1.80. The molecule has 0 aliphatic heterocycles. The van der Waals surface area contributed by atoms with Crippen LogP contribution < -0.4 is 0 Å². The molecule has 22 heavy (non-hydrogen) atoms. The summed E-state index contributed by atoms with van der Waals surface area (Å²) in [6.45, 7) is 0. The number of halogens is 1. The van der Waals surface area contributed by atoms with Gasteiger partial charge in [-0.05, 0) is 10.8 Å². The van der Waals surface area contributed by atoms with Crippen molar-refractivity contribution in [2.75, 3.05) is 0 Å².